The van der Waals surface area contributed by atoms with Crippen LogP contribution < -0.4 is 14.4 Å². The first kappa shape index (κ1) is 36.2. The summed E-state index contributed by atoms with van der Waals surface area (Å²) < 4.78 is 15.4. The molecule has 2 aliphatic heterocycles. The molecule has 12 nitrogen and oxygen atoms in total. The average Bonchev–Trinajstić information content (AvgIpc) is 3.83. The van der Waals surface area contributed by atoms with Gasteiger partial charge in [-0.15, -0.1) is 10.2 Å². The number of carbonyl (C=O) groups is 2. The highest BCUT2D eigenvalue weighted by molar-refractivity contribution is 6.33. The number of hydrogen-bond acceptors (Lipinski definition) is 8. The van der Waals surface area contributed by atoms with Gasteiger partial charge in [-0.1, -0.05) is 90.5 Å². The zero-order valence-corrected chi connectivity index (χ0v) is 31.0. The van der Waals surface area contributed by atoms with Crippen molar-refractivity contribution in [3.8, 4) is 11.8 Å². The minimum absolute atomic E-state index is 0.0604. The molecule has 8 rings (SSSR count). The number of pyridine rings is 1. The highest BCUT2D eigenvalue weighted by Gasteiger charge is 2.26. The molecule has 0 bridgehead atoms. The van der Waals surface area contributed by atoms with Gasteiger partial charge in [-0.3, -0.25) is 19.0 Å². The lowest BCUT2D eigenvalue weighted by Crippen LogP contribution is -2.38. The number of fused-ring (bicyclic) bond motifs is 2. The highest BCUT2D eigenvalue weighted by atomic mass is 35.5. The lowest BCUT2D eigenvalue weighted by molar-refractivity contribution is 0.0695. The Bertz CT molecular complexity index is 2210. The normalized spacial score (nSPS) is 13.2. The fourth-order valence-corrected chi connectivity index (χ4v) is 6.41. The second-order valence-corrected chi connectivity index (χ2v) is 13.6. The molecule has 0 saturated carbocycles. The van der Waals surface area contributed by atoms with Crippen LogP contribution in [0.2, 0.25) is 5.02 Å². The largest absolute Gasteiger partial charge is 0.472 e. The van der Waals surface area contributed by atoms with Gasteiger partial charge in [-0.05, 0) is 35.4 Å². The Morgan fingerprint density at radius 3 is 1.70 bits per heavy atom. The van der Waals surface area contributed by atoms with Gasteiger partial charge in [0.2, 0.25) is 11.8 Å². The summed E-state index contributed by atoms with van der Waals surface area (Å²) in [5.41, 5.74) is 5.10. The van der Waals surface area contributed by atoms with E-state index in [1.165, 1.54) is 0 Å². The van der Waals surface area contributed by atoms with E-state index in [9.17, 15) is 9.59 Å². The molecule has 0 aliphatic carbocycles. The number of benzene rings is 3. The number of ether oxygens (including phenoxy) is 2. The first-order valence-corrected chi connectivity index (χ1v) is 18.1. The van der Waals surface area contributed by atoms with Crippen molar-refractivity contribution in [2.24, 2.45) is 0 Å². The lowest BCUT2D eigenvalue weighted by Gasteiger charge is -2.27. The Morgan fingerprint density at radius 1 is 0.648 bits per heavy atom. The molecule has 2 amide bonds. The van der Waals surface area contributed by atoms with Crippen LogP contribution in [0.4, 0.5) is 5.82 Å². The summed E-state index contributed by atoms with van der Waals surface area (Å²) >= 11 is 6.16. The molecular formula is C41H41ClN8O4. The Labute approximate surface area is 319 Å². The van der Waals surface area contributed by atoms with Gasteiger partial charge in [0.1, 0.15) is 24.7 Å². The summed E-state index contributed by atoms with van der Waals surface area (Å²) in [6.45, 7) is 4.40. The van der Waals surface area contributed by atoms with Crippen LogP contribution in [0, 0.1) is 0 Å². The molecule has 6 aromatic rings. The molecule has 3 aromatic carbocycles. The third-order valence-electron chi connectivity index (χ3n) is 9.10. The number of aromatic nitrogens is 5. The van der Waals surface area contributed by atoms with Crippen molar-refractivity contribution in [3.63, 3.8) is 0 Å². The molecule has 0 radical (unpaired) electrons. The van der Waals surface area contributed by atoms with Crippen LogP contribution in [0.5, 0.6) is 11.8 Å². The summed E-state index contributed by atoms with van der Waals surface area (Å²) in [6, 6.07) is 36.4. The van der Waals surface area contributed by atoms with Crippen molar-refractivity contribution in [1.82, 2.24) is 34.3 Å². The van der Waals surface area contributed by atoms with Gasteiger partial charge in [-0.2, -0.15) is 0 Å². The summed E-state index contributed by atoms with van der Waals surface area (Å²) in [5.74, 6) is 1.80. The zero-order valence-electron chi connectivity index (χ0n) is 30.2. The predicted octanol–water partition coefficient (Wildman–Crippen LogP) is 6.35. The third kappa shape index (κ3) is 8.72. The van der Waals surface area contributed by atoms with E-state index in [2.05, 4.69) is 15.2 Å². The highest BCUT2D eigenvalue weighted by Crippen LogP contribution is 2.24. The standard InChI is InChI=1S/C21H23N5O2.C20H18ClN3O2/c1-24(2)19-10-6-9-18(22-19)21(27)25-11-12-26-17(14-25)13-20(23-26)28-15-16-7-4-3-5-8-16;21-18-9-5-4-8-17(18)20(25)23-10-11-24-16(13-23)12-19(22-24)26-14-15-6-2-1-3-7-15/h3-10,13H,11-12,14-15H2,1-2H3;1-9,12H,10-11,13-14H2. The minimum atomic E-state index is -0.0668. The lowest BCUT2D eigenvalue weighted by atomic mass is 10.2. The fourth-order valence-electron chi connectivity index (χ4n) is 6.19. The monoisotopic (exact) mass is 744 g/mol. The molecule has 0 spiro atoms. The number of rotatable bonds is 9. The number of carbonyl (C=O) groups excluding carboxylic acids is 2. The maximum Gasteiger partial charge on any atom is 0.272 e. The van der Waals surface area contributed by atoms with E-state index in [0.717, 1.165) is 28.3 Å². The Kier molecular flexibility index (Phi) is 11.2. The molecule has 0 atom stereocenters. The summed E-state index contributed by atoms with van der Waals surface area (Å²) in [6.07, 6.45) is 0. The molecule has 0 N–H and O–H groups in total. The molecule has 0 unspecified atom stereocenters. The molecular weight excluding hydrogens is 704 g/mol. The van der Waals surface area contributed by atoms with Crippen LogP contribution in [-0.2, 0) is 39.4 Å². The first-order chi connectivity index (χ1) is 26.3. The third-order valence-corrected chi connectivity index (χ3v) is 9.43. The van der Waals surface area contributed by atoms with Gasteiger partial charge in [0.15, 0.2) is 0 Å². The predicted molar refractivity (Wildman–Crippen MR) is 205 cm³/mol. The van der Waals surface area contributed by atoms with E-state index in [1.54, 1.807) is 28.0 Å². The molecule has 13 heteroatoms. The number of amides is 2. The second-order valence-electron chi connectivity index (χ2n) is 13.2. The Morgan fingerprint density at radius 2 is 1.17 bits per heavy atom. The summed E-state index contributed by atoms with van der Waals surface area (Å²) in [5, 5.41) is 9.46. The fraction of sp³-hybridized carbons (Fsp3) is 0.244. The van der Waals surface area contributed by atoms with Crippen LogP contribution in [0.3, 0.4) is 0 Å². The Hall–Kier alpha value is -6.14. The quantitative estimate of drug-likeness (QED) is 0.169. The van der Waals surface area contributed by atoms with Crippen LogP contribution in [-0.4, -0.2) is 73.3 Å². The minimum Gasteiger partial charge on any atom is -0.472 e. The number of hydrogen-bond donors (Lipinski definition) is 0. The van der Waals surface area contributed by atoms with E-state index in [-0.39, 0.29) is 11.8 Å². The topological polar surface area (TPSA) is 111 Å². The van der Waals surface area contributed by atoms with Crippen molar-refractivity contribution >= 4 is 29.2 Å². The molecule has 276 valence electrons. The average molecular weight is 745 g/mol. The van der Waals surface area contributed by atoms with Gasteiger partial charge < -0.3 is 24.2 Å². The molecule has 5 heterocycles. The number of anilines is 1. The van der Waals surface area contributed by atoms with E-state index in [4.69, 9.17) is 21.1 Å². The molecule has 0 fully saturated rings. The maximum atomic E-state index is 12.9. The first-order valence-electron chi connectivity index (χ1n) is 17.7. The SMILES string of the molecule is CN(C)c1cccc(C(=O)N2CCn3nc(OCc4ccccc4)cc3C2)n1.O=C(c1ccccc1Cl)N1CCn2nc(OCc3ccccc3)cc2C1. The molecule has 54 heavy (non-hydrogen) atoms. The van der Waals surface area contributed by atoms with E-state index in [1.807, 2.05) is 125 Å². The zero-order chi connectivity index (χ0) is 37.4. The van der Waals surface area contributed by atoms with Crippen LogP contribution in [0.15, 0.2) is 115 Å². The van der Waals surface area contributed by atoms with Crippen molar-refractivity contribution in [3.05, 3.63) is 154 Å². The van der Waals surface area contributed by atoms with Gasteiger partial charge in [-0.25, -0.2) is 4.98 Å². The summed E-state index contributed by atoms with van der Waals surface area (Å²) in [7, 11) is 3.82. The molecule has 0 saturated heterocycles. The number of nitrogens with zero attached hydrogens (tertiary/aromatic N) is 8. The van der Waals surface area contributed by atoms with Crippen molar-refractivity contribution in [2.45, 2.75) is 39.4 Å². The van der Waals surface area contributed by atoms with Crippen LogP contribution in [0.25, 0.3) is 0 Å². The van der Waals surface area contributed by atoms with Crippen LogP contribution in [0.1, 0.15) is 43.4 Å². The maximum absolute atomic E-state index is 12.9. The van der Waals surface area contributed by atoms with Crippen molar-refractivity contribution in [2.75, 3.05) is 32.1 Å². The Balaban J connectivity index is 0.000000167. The van der Waals surface area contributed by atoms with Gasteiger partial charge >= 0.3 is 0 Å². The van der Waals surface area contributed by atoms with E-state index in [0.29, 0.717) is 80.5 Å². The van der Waals surface area contributed by atoms with Gasteiger partial charge in [0.05, 0.1) is 48.2 Å². The molecule has 2 aliphatic rings. The van der Waals surface area contributed by atoms with Gasteiger partial charge in [0, 0.05) is 39.3 Å². The van der Waals surface area contributed by atoms with Crippen LogP contribution >= 0.6 is 11.6 Å². The van der Waals surface area contributed by atoms with E-state index >= 15 is 0 Å². The summed E-state index contributed by atoms with van der Waals surface area (Å²) in [4.78, 5) is 35.6. The smallest absolute Gasteiger partial charge is 0.272 e. The second kappa shape index (κ2) is 16.7. The number of halogens is 1. The van der Waals surface area contributed by atoms with Crippen molar-refractivity contribution < 1.29 is 19.1 Å². The van der Waals surface area contributed by atoms with E-state index < -0.39 is 0 Å². The molecule has 3 aromatic heterocycles. The van der Waals surface area contributed by atoms with Gasteiger partial charge in [0.25, 0.3) is 11.8 Å². The van der Waals surface area contributed by atoms with Crippen molar-refractivity contribution in [1.29, 1.82) is 0 Å².